The van der Waals surface area contributed by atoms with Gasteiger partial charge in [0.25, 0.3) is 0 Å². The van der Waals surface area contributed by atoms with Crippen molar-refractivity contribution in [2.45, 2.75) is 32.9 Å². The number of rotatable bonds is 3. The highest BCUT2D eigenvalue weighted by atomic mass is 35.5. The number of hydrogen-bond donors (Lipinski definition) is 1. The first kappa shape index (κ1) is 14.6. The zero-order chi connectivity index (χ0) is 13.9. The standard InChI is InChI=1S/C15H23ClN2O/c1-15(2,3)17-11-12-5-4-6-13(16)14(12)18-7-9-19-10-8-18/h4-6,17H,7-11H2,1-3H3. The van der Waals surface area contributed by atoms with E-state index in [0.717, 1.165) is 43.6 Å². The summed E-state index contributed by atoms with van der Waals surface area (Å²) in [7, 11) is 0. The summed E-state index contributed by atoms with van der Waals surface area (Å²) in [5.41, 5.74) is 2.51. The summed E-state index contributed by atoms with van der Waals surface area (Å²) in [6.45, 7) is 10.7. The normalized spacial score (nSPS) is 16.7. The van der Waals surface area contributed by atoms with Gasteiger partial charge in [-0.25, -0.2) is 0 Å². The molecule has 1 saturated heterocycles. The van der Waals surface area contributed by atoms with Crippen LogP contribution in [0.15, 0.2) is 18.2 Å². The van der Waals surface area contributed by atoms with Crippen molar-refractivity contribution in [2.24, 2.45) is 0 Å². The van der Waals surface area contributed by atoms with Crippen molar-refractivity contribution >= 4 is 17.3 Å². The number of halogens is 1. The van der Waals surface area contributed by atoms with Gasteiger partial charge in [0.2, 0.25) is 0 Å². The van der Waals surface area contributed by atoms with Crippen LogP contribution in [0.3, 0.4) is 0 Å². The molecule has 4 heteroatoms. The molecule has 0 aromatic heterocycles. The number of nitrogens with zero attached hydrogens (tertiary/aromatic N) is 1. The van der Waals surface area contributed by atoms with Crippen LogP contribution >= 0.6 is 11.6 Å². The second-order valence-corrected chi connectivity index (χ2v) is 6.36. The molecule has 1 N–H and O–H groups in total. The third-order valence-corrected chi connectivity index (χ3v) is 3.51. The molecule has 0 saturated carbocycles. The minimum absolute atomic E-state index is 0.102. The smallest absolute Gasteiger partial charge is 0.0642 e. The molecule has 1 aromatic rings. The van der Waals surface area contributed by atoms with Crippen molar-refractivity contribution in [3.8, 4) is 0 Å². The maximum Gasteiger partial charge on any atom is 0.0642 e. The first-order valence-electron chi connectivity index (χ1n) is 6.82. The summed E-state index contributed by atoms with van der Waals surface area (Å²) in [4.78, 5) is 2.32. The first-order chi connectivity index (χ1) is 8.97. The van der Waals surface area contributed by atoms with Crippen LogP contribution in [0, 0.1) is 0 Å². The van der Waals surface area contributed by atoms with E-state index in [1.54, 1.807) is 0 Å². The van der Waals surface area contributed by atoms with Crippen LogP contribution in [0.4, 0.5) is 5.69 Å². The fraction of sp³-hybridized carbons (Fsp3) is 0.600. The number of nitrogens with one attached hydrogen (secondary N) is 1. The van der Waals surface area contributed by atoms with E-state index in [1.807, 2.05) is 12.1 Å². The first-order valence-corrected chi connectivity index (χ1v) is 7.20. The van der Waals surface area contributed by atoms with Gasteiger partial charge >= 0.3 is 0 Å². The summed E-state index contributed by atoms with van der Waals surface area (Å²) >= 11 is 6.40. The summed E-state index contributed by atoms with van der Waals surface area (Å²) in [5.74, 6) is 0. The molecule has 0 atom stereocenters. The topological polar surface area (TPSA) is 24.5 Å². The Labute approximate surface area is 120 Å². The predicted molar refractivity (Wildman–Crippen MR) is 81.1 cm³/mol. The average molecular weight is 283 g/mol. The Morgan fingerprint density at radius 1 is 1.26 bits per heavy atom. The average Bonchev–Trinajstić information content (AvgIpc) is 2.36. The molecule has 0 unspecified atom stereocenters. The van der Waals surface area contributed by atoms with Crippen LogP contribution in [0.25, 0.3) is 0 Å². The van der Waals surface area contributed by atoms with Crippen LogP contribution in [-0.4, -0.2) is 31.8 Å². The van der Waals surface area contributed by atoms with Crippen molar-refractivity contribution in [3.05, 3.63) is 28.8 Å². The molecule has 3 nitrogen and oxygen atoms in total. The molecule has 0 amide bonds. The molecule has 0 aliphatic carbocycles. The largest absolute Gasteiger partial charge is 0.378 e. The van der Waals surface area contributed by atoms with E-state index in [1.165, 1.54) is 5.56 Å². The lowest BCUT2D eigenvalue weighted by Crippen LogP contribution is -2.39. The monoisotopic (exact) mass is 282 g/mol. The Hall–Kier alpha value is -0.770. The highest BCUT2D eigenvalue weighted by Gasteiger charge is 2.18. The molecule has 1 aliphatic heterocycles. The van der Waals surface area contributed by atoms with E-state index in [2.05, 4.69) is 37.1 Å². The summed E-state index contributed by atoms with van der Waals surface area (Å²) in [5, 5.41) is 4.36. The van der Waals surface area contributed by atoms with Crippen molar-refractivity contribution in [2.75, 3.05) is 31.2 Å². The number of benzene rings is 1. The fourth-order valence-electron chi connectivity index (χ4n) is 2.20. The minimum atomic E-state index is 0.102. The summed E-state index contributed by atoms with van der Waals surface area (Å²) < 4.78 is 5.41. The maximum atomic E-state index is 6.40. The van der Waals surface area contributed by atoms with Crippen LogP contribution in [0.2, 0.25) is 5.02 Å². The van der Waals surface area contributed by atoms with Crippen LogP contribution < -0.4 is 10.2 Å². The molecule has 1 aromatic carbocycles. The molecule has 19 heavy (non-hydrogen) atoms. The molecule has 1 aliphatic rings. The third kappa shape index (κ3) is 4.10. The Balaban J connectivity index is 2.20. The van der Waals surface area contributed by atoms with Gasteiger partial charge in [-0.3, -0.25) is 0 Å². The molecule has 0 spiro atoms. The highest BCUT2D eigenvalue weighted by Crippen LogP contribution is 2.30. The molecule has 0 bridgehead atoms. The van der Waals surface area contributed by atoms with Crippen molar-refractivity contribution in [3.63, 3.8) is 0 Å². The number of morpholine rings is 1. The van der Waals surface area contributed by atoms with Gasteiger partial charge in [-0.2, -0.15) is 0 Å². The number of hydrogen-bond acceptors (Lipinski definition) is 3. The highest BCUT2D eigenvalue weighted by molar-refractivity contribution is 6.33. The van der Waals surface area contributed by atoms with Crippen LogP contribution in [0.1, 0.15) is 26.3 Å². The van der Waals surface area contributed by atoms with E-state index in [4.69, 9.17) is 16.3 Å². The molecule has 0 radical (unpaired) electrons. The second kappa shape index (κ2) is 6.12. The van der Waals surface area contributed by atoms with E-state index in [0.29, 0.717) is 0 Å². The van der Waals surface area contributed by atoms with Crippen molar-refractivity contribution in [1.82, 2.24) is 5.32 Å². The fourth-order valence-corrected chi connectivity index (χ4v) is 2.52. The van der Waals surface area contributed by atoms with E-state index < -0.39 is 0 Å². The number of para-hydroxylation sites is 1. The molecule has 1 heterocycles. The van der Waals surface area contributed by atoms with Crippen molar-refractivity contribution < 1.29 is 4.74 Å². The lowest BCUT2D eigenvalue weighted by Gasteiger charge is -2.32. The van der Waals surface area contributed by atoms with E-state index >= 15 is 0 Å². The van der Waals surface area contributed by atoms with Crippen LogP contribution in [-0.2, 0) is 11.3 Å². The van der Waals surface area contributed by atoms with E-state index in [-0.39, 0.29) is 5.54 Å². The minimum Gasteiger partial charge on any atom is -0.378 e. The molecule has 2 rings (SSSR count). The van der Waals surface area contributed by atoms with Gasteiger partial charge in [-0.1, -0.05) is 23.7 Å². The number of ether oxygens (including phenoxy) is 1. The SMILES string of the molecule is CC(C)(C)NCc1cccc(Cl)c1N1CCOCC1. The van der Waals surface area contributed by atoms with Crippen molar-refractivity contribution in [1.29, 1.82) is 0 Å². The Morgan fingerprint density at radius 2 is 1.95 bits per heavy atom. The predicted octanol–water partition coefficient (Wildman–Crippen LogP) is 3.06. The molecule has 106 valence electrons. The summed E-state index contributed by atoms with van der Waals surface area (Å²) in [6.07, 6.45) is 0. The van der Waals surface area contributed by atoms with Gasteiger partial charge in [-0.15, -0.1) is 0 Å². The van der Waals surface area contributed by atoms with Gasteiger partial charge in [0.05, 0.1) is 23.9 Å². The Bertz CT molecular complexity index is 423. The lowest BCUT2D eigenvalue weighted by atomic mass is 10.1. The van der Waals surface area contributed by atoms with Gasteiger partial charge in [0.1, 0.15) is 0 Å². The molecular weight excluding hydrogens is 260 g/mol. The van der Waals surface area contributed by atoms with Gasteiger partial charge in [0.15, 0.2) is 0 Å². The quantitative estimate of drug-likeness (QED) is 0.922. The zero-order valence-electron chi connectivity index (χ0n) is 12.0. The third-order valence-electron chi connectivity index (χ3n) is 3.21. The van der Waals surface area contributed by atoms with Crippen LogP contribution in [0.5, 0.6) is 0 Å². The second-order valence-electron chi connectivity index (χ2n) is 5.95. The molecule has 1 fully saturated rings. The Kier molecular flexibility index (Phi) is 4.71. The summed E-state index contributed by atoms with van der Waals surface area (Å²) in [6, 6.07) is 6.13. The van der Waals surface area contributed by atoms with Gasteiger partial charge in [-0.05, 0) is 32.4 Å². The maximum absolute atomic E-state index is 6.40. The number of anilines is 1. The Morgan fingerprint density at radius 3 is 2.58 bits per heavy atom. The molecular formula is C15H23ClN2O. The van der Waals surface area contributed by atoms with Gasteiger partial charge in [0, 0.05) is 25.2 Å². The zero-order valence-corrected chi connectivity index (χ0v) is 12.8. The van der Waals surface area contributed by atoms with Gasteiger partial charge < -0.3 is 15.0 Å². The van der Waals surface area contributed by atoms with E-state index in [9.17, 15) is 0 Å². The lowest BCUT2D eigenvalue weighted by molar-refractivity contribution is 0.122.